The molecule has 3 aromatic carbocycles. The Kier molecular flexibility index (Phi) is 8.72. The van der Waals surface area contributed by atoms with Gasteiger partial charge in [-0.15, -0.1) is 0 Å². The van der Waals surface area contributed by atoms with Crippen molar-refractivity contribution in [2.45, 2.75) is 38.8 Å². The minimum absolute atomic E-state index is 0.0302. The van der Waals surface area contributed by atoms with Gasteiger partial charge in [0.1, 0.15) is 11.8 Å². The number of ether oxygens (including phenoxy) is 1. The van der Waals surface area contributed by atoms with E-state index >= 15 is 0 Å². The number of aryl methyl sites for hydroxylation is 1. The molecule has 0 aromatic heterocycles. The molecule has 8 nitrogen and oxygen atoms in total. The number of carbonyl (C=O) groups is 3. The highest BCUT2D eigenvalue weighted by Crippen LogP contribution is 2.37. The van der Waals surface area contributed by atoms with Crippen molar-refractivity contribution >= 4 is 41.0 Å². The van der Waals surface area contributed by atoms with Crippen LogP contribution < -0.4 is 10.1 Å². The summed E-state index contributed by atoms with van der Waals surface area (Å²) in [7, 11) is 1.55. The zero-order valence-corrected chi connectivity index (χ0v) is 22.6. The summed E-state index contributed by atoms with van der Waals surface area (Å²) in [4.78, 5) is 35.9. The highest BCUT2D eigenvalue weighted by atomic mass is 35.5. The Morgan fingerprint density at radius 3 is 2.05 bits per heavy atom. The maximum atomic E-state index is 12.8. The van der Waals surface area contributed by atoms with Crippen LogP contribution in [0.25, 0.3) is 11.1 Å². The predicted molar refractivity (Wildman–Crippen MR) is 144 cm³/mol. The average molecular weight is 560 g/mol. The molecule has 38 heavy (non-hydrogen) atoms. The molecular weight excluding hydrogens is 533 g/mol. The van der Waals surface area contributed by atoms with E-state index in [0.717, 1.165) is 28.8 Å². The van der Waals surface area contributed by atoms with Gasteiger partial charge in [-0.2, -0.15) is 0 Å². The molecule has 0 aliphatic rings. The lowest BCUT2D eigenvalue weighted by molar-refractivity contribution is -0.139. The van der Waals surface area contributed by atoms with Gasteiger partial charge in [-0.3, -0.25) is 4.79 Å². The Morgan fingerprint density at radius 2 is 1.58 bits per heavy atom. The minimum Gasteiger partial charge on any atom is -0.496 e. The number of aliphatic carboxylic acids is 1. The number of aliphatic hydroxyl groups is 1. The molecule has 10 heteroatoms. The number of carboxylic acids is 2. The summed E-state index contributed by atoms with van der Waals surface area (Å²) in [6, 6.07) is 11.7. The number of rotatable bonds is 9. The molecule has 0 saturated carbocycles. The summed E-state index contributed by atoms with van der Waals surface area (Å²) in [6.45, 7) is 5.30. The highest BCUT2D eigenvalue weighted by Gasteiger charge is 2.25. The number of aromatic carboxylic acids is 1. The molecule has 4 N–H and O–H groups in total. The van der Waals surface area contributed by atoms with E-state index in [1.807, 2.05) is 25.1 Å². The summed E-state index contributed by atoms with van der Waals surface area (Å²) < 4.78 is 5.58. The monoisotopic (exact) mass is 559 g/mol. The van der Waals surface area contributed by atoms with Crippen molar-refractivity contribution in [1.82, 2.24) is 5.32 Å². The van der Waals surface area contributed by atoms with Crippen molar-refractivity contribution in [3.8, 4) is 16.9 Å². The second kappa shape index (κ2) is 11.4. The summed E-state index contributed by atoms with van der Waals surface area (Å²) >= 11 is 12.1. The van der Waals surface area contributed by atoms with Crippen LogP contribution in [0.5, 0.6) is 5.75 Å². The van der Waals surface area contributed by atoms with Crippen molar-refractivity contribution in [2.75, 3.05) is 7.11 Å². The van der Waals surface area contributed by atoms with Crippen molar-refractivity contribution in [3.05, 3.63) is 86.4 Å². The number of hydrogen-bond acceptors (Lipinski definition) is 5. The van der Waals surface area contributed by atoms with Crippen molar-refractivity contribution in [1.29, 1.82) is 0 Å². The number of halogens is 2. The molecular formula is C28H27Cl2NO7. The van der Waals surface area contributed by atoms with E-state index in [2.05, 4.69) is 5.32 Å². The Morgan fingerprint density at radius 1 is 1.00 bits per heavy atom. The van der Waals surface area contributed by atoms with E-state index in [1.165, 1.54) is 0 Å². The lowest BCUT2D eigenvalue weighted by Crippen LogP contribution is -2.42. The van der Waals surface area contributed by atoms with Crippen LogP contribution in [0.3, 0.4) is 0 Å². The first-order chi connectivity index (χ1) is 17.7. The van der Waals surface area contributed by atoms with Gasteiger partial charge in [0.25, 0.3) is 5.91 Å². The maximum absolute atomic E-state index is 12.8. The van der Waals surface area contributed by atoms with Crippen LogP contribution in [0.1, 0.15) is 51.3 Å². The van der Waals surface area contributed by atoms with E-state index in [4.69, 9.17) is 33.0 Å². The van der Waals surface area contributed by atoms with Crippen LogP contribution in [-0.4, -0.2) is 46.3 Å². The molecule has 3 rings (SSSR count). The van der Waals surface area contributed by atoms with Crippen LogP contribution in [0, 0.1) is 6.92 Å². The maximum Gasteiger partial charge on any atom is 0.335 e. The van der Waals surface area contributed by atoms with Crippen LogP contribution >= 0.6 is 23.2 Å². The molecule has 0 spiro atoms. The van der Waals surface area contributed by atoms with Gasteiger partial charge in [-0.25, -0.2) is 9.59 Å². The molecule has 0 heterocycles. The van der Waals surface area contributed by atoms with E-state index in [-0.39, 0.29) is 27.6 Å². The number of nitrogens with one attached hydrogen (secondary N) is 1. The Balaban J connectivity index is 1.84. The zero-order chi connectivity index (χ0) is 28.4. The van der Waals surface area contributed by atoms with Crippen molar-refractivity contribution in [3.63, 3.8) is 0 Å². The first kappa shape index (κ1) is 29.0. The van der Waals surface area contributed by atoms with E-state index in [0.29, 0.717) is 16.9 Å². The molecule has 200 valence electrons. The molecule has 1 atom stereocenters. The normalized spacial score (nSPS) is 12.1. The lowest BCUT2D eigenvalue weighted by Gasteiger charge is -2.22. The van der Waals surface area contributed by atoms with Gasteiger partial charge in [0, 0.05) is 12.0 Å². The fourth-order valence-electron chi connectivity index (χ4n) is 4.03. The molecule has 0 saturated heterocycles. The van der Waals surface area contributed by atoms with E-state index in [1.54, 1.807) is 39.2 Å². The van der Waals surface area contributed by atoms with Crippen LogP contribution in [0.15, 0.2) is 48.5 Å². The highest BCUT2D eigenvalue weighted by molar-refractivity contribution is 6.40. The zero-order valence-electron chi connectivity index (χ0n) is 21.1. The minimum atomic E-state index is -1.30. The topological polar surface area (TPSA) is 133 Å². The average Bonchev–Trinajstić information content (AvgIpc) is 2.82. The molecule has 1 amide bonds. The van der Waals surface area contributed by atoms with Gasteiger partial charge >= 0.3 is 11.9 Å². The molecule has 0 unspecified atom stereocenters. The number of carboxylic acid groups (broad SMARTS) is 2. The fraction of sp³-hybridized carbons (Fsp3) is 0.250. The van der Waals surface area contributed by atoms with Gasteiger partial charge in [-0.1, -0.05) is 53.5 Å². The second-order valence-corrected chi connectivity index (χ2v) is 10.1. The number of amides is 1. The van der Waals surface area contributed by atoms with Gasteiger partial charge in [-0.05, 0) is 61.2 Å². The Bertz CT molecular complexity index is 1370. The molecule has 0 radical (unpaired) electrons. The Hall–Kier alpha value is -3.59. The number of methoxy groups -OCH3 is 1. The van der Waals surface area contributed by atoms with E-state index < -0.39 is 29.5 Å². The third-order valence-corrected chi connectivity index (χ3v) is 6.62. The lowest BCUT2D eigenvalue weighted by atomic mass is 9.90. The largest absolute Gasteiger partial charge is 0.496 e. The van der Waals surface area contributed by atoms with Crippen LogP contribution in [-0.2, 0) is 16.8 Å². The summed E-state index contributed by atoms with van der Waals surface area (Å²) in [6.07, 6.45) is -0.0302. The fourth-order valence-corrected chi connectivity index (χ4v) is 4.68. The van der Waals surface area contributed by atoms with Gasteiger partial charge in [0.2, 0.25) is 0 Å². The van der Waals surface area contributed by atoms with Crippen molar-refractivity contribution < 1.29 is 34.4 Å². The number of hydrogen-bond donors (Lipinski definition) is 4. The third kappa shape index (κ3) is 6.45. The van der Waals surface area contributed by atoms with Crippen LogP contribution in [0.2, 0.25) is 10.0 Å². The van der Waals surface area contributed by atoms with Gasteiger partial charge in [0.15, 0.2) is 0 Å². The number of carbonyl (C=O) groups excluding carboxylic acids is 1. The van der Waals surface area contributed by atoms with Gasteiger partial charge in [0.05, 0.1) is 33.9 Å². The molecule has 0 bridgehead atoms. The van der Waals surface area contributed by atoms with Gasteiger partial charge < -0.3 is 25.4 Å². The smallest absolute Gasteiger partial charge is 0.335 e. The Labute approximate surface area is 229 Å². The quantitative estimate of drug-likeness (QED) is 0.278. The molecule has 3 aromatic rings. The molecule has 0 fully saturated rings. The summed E-state index contributed by atoms with van der Waals surface area (Å²) in [5, 5.41) is 31.2. The second-order valence-electron chi connectivity index (χ2n) is 9.31. The van der Waals surface area contributed by atoms with E-state index in [9.17, 15) is 24.6 Å². The first-order valence-electron chi connectivity index (χ1n) is 11.5. The predicted octanol–water partition coefficient (Wildman–Crippen LogP) is 5.33. The van der Waals surface area contributed by atoms with Crippen LogP contribution in [0.4, 0.5) is 0 Å². The summed E-state index contributed by atoms with van der Waals surface area (Å²) in [5.74, 6) is -2.79. The molecule has 0 aliphatic heterocycles. The summed E-state index contributed by atoms with van der Waals surface area (Å²) in [5.41, 5.74) is 2.47. The first-order valence-corrected chi connectivity index (χ1v) is 12.2. The number of benzene rings is 3. The SMILES string of the molecule is COc1cc(C(C)(C)O)cc(C)c1-c1ccc(C[C@H](NC(=O)c2c(Cl)cc(C(=O)O)cc2Cl)C(=O)O)cc1. The van der Waals surface area contributed by atoms with Crippen molar-refractivity contribution in [2.24, 2.45) is 0 Å². The standard InChI is InChI=1S/C28H27Cl2NO7/c1-14-9-18(28(2,3)37)13-22(38-4)23(14)16-7-5-15(6-8-16)10-21(27(35)36)31-25(32)24-19(29)11-17(26(33)34)12-20(24)30/h5-9,11-13,21,37H,10H2,1-4H3,(H,31,32)(H,33,34)(H,35,36)/t21-/m0/s1. The molecule has 0 aliphatic carbocycles. The third-order valence-electron chi connectivity index (χ3n) is 6.03.